The Bertz CT molecular complexity index is 448. The lowest BCUT2D eigenvalue weighted by molar-refractivity contribution is -0.127. The Morgan fingerprint density at radius 3 is 2.48 bits per heavy atom. The van der Waals surface area contributed by atoms with Crippen LogP contribution in [0.1, 0.15) is 25.8 Å². The van der Waals surface area contributed by atoms with Crippen molar-refractivity contribution in [3.8, 4) is 0 Å². The van der Waals surface area contributed by atoms with Gasteiger partial charge < -0.3 is 16.4 Å². The summed E-state index contributed by atoms with van der Waals surface area (Å²) in [4.78, 5) is 23.4. The molecular formula is C16H25N3O2. The summed E-state index contributed by atoms with van der Waals surface area (Å²) < 4.78 is 0. The van der Waals surface area contributed by atoms with Gasteiger partial charge in [-0.2, -0.15) is 0 Å². The maximum Gasteiger partial charge on any atom is 0.239 e. The van der Waals surface area contributed by atoms with Gasteiger partial charge in [0.15, 0.2) is 0 Å². The third-order valence-corrected chi connectivity index (χ3v) is 3.56. The van der Waals surface area contributed by atoms with Gasteiger partial charge in [0.2, 0.25) is 11.8 Å². The van der Waals surface area contributed by atoms with E-state index in [1.54, 1.807) is 0 Å². The van der Waals surface area contributed by atoms with Crippen LogP contribution in [0.3, 0.4) is 0 Å². The lowest BCUT2D eigenvalue weighted by atomic mass is 9.99. The molecule has 0 bridgehead atoms. The Labute approximate surface area is 126 Å². The zero-order valence-corrected chi connectivity index (χ0v) is 12.8. The molecular weight excluding hydrogens is 266 g/mol. The number of hydrogen-bond donors (Lipinski definition) is 3. The van der Waals surface area contributed by atoms with Crippen LogP contribution >= 0.6 is 0 Å². The fourth-order valence-corrected chi connectivity index (χ4v) is 1.85. The Balaban J connectivity index is 2.21. The third kappa shape index (κ3) is 6.40. The van der Waals surface area contributed by atoms with Gasteiger partial charge in [-0.1, -0.05) is 50.6 Å². The number of nitrogens with one attached hydrogen (secondary N) is 2. The Kier molecular flexibility index (Phi) is 7.46. The van der Waals surface area contributed by atoms with Crippen LogP contribution in [-0.2, 0) is 16.0 Å². The van der Waals surface area contributed by atoms with Crippen LogP contribution in [0.25, 0.3) is 0 Å². The summed E-state index contributed by atoms with van der Waals surface area (Å²) in [5, 5.41) is 5.34. The topological polar surface area (TPSA) is 84.2 Å². The summed E-state index contributed by atoms with van der Waals surface area (Å²) in [6.07, 6.45) is 1.60. The second-order valence-electron chi connectivity index (χ2n) is 5.21. The number of carbonyl (C=O) groups is 2. The standard InChI is InChI=1S/C16H25N3O2/c1-3-12(2)15(17)16(21)19-11-14(20)18-10-9-13-7-5-4-6-8-13/h4-8,12,15H,3,9-11,17H2,1-2H3,(H,18,20)(H,19,21). The molecule has 1 aromatic carbocycles. The predicted octanol–water partition coefficient (Wildman–Crippen LogP) is 0.835. The van der Waals surface area contributed by atoms with E-state index in [2.05, 4.69) is 10.6 Å². The number of amides is 2. The molecule has 0 fully saturated rings. The first-order chi connectivity index (χ1) is 10.0. The Hall–Kier alpha value is -1.88. The van der Waals surface area contributed by atoms with Crippen LogP contribution in [0.15, 0.2) is 30.3 Å². The van der Waals surface area contributed by atoms with Crippen molar-refractivity contribution in [2.24, 2.45) is 11.7 Å². The third-order valence-electron chi connectivity index (χ3n) is 3.56. The molecule has 116 valence electrons. The van der Waals surface area contributed by atoms with Crippen molar-refractivity contribution in [1.29, 1.82) is 0 Å². The van der Waals surface area contributed by atoms with Crippen LogP contribution in [-0.4, -0.2) is 30.9 Å². The number of carbonyl (C=O) groups excluding carboxylic acids is 2. The summed E-state index contributed by atoms with van der Waals surface area (Å²) in [6.45, 7) is 4.42. The normalized spacial score (nSPS) is 13.3. The first-order valence-electron chi connectivity index (χ1n) is 7.38. The molecule has 2 atom stereocenters. The highest BCUT2D eigenvalue weighted by atomic mass is 16.2. The van der Waals surface area contributed by atoms with Gasteiger partial charge in [0, 0.05) is 6.54 Å². The number of nitrogens with two attached hydrogens (primary N) is 1. The summed E-state index contributed by atoms with van der Waals surface area (Å²) >= 11 is 0. The van der Waals surface area contributed by atoms with Gasteiger partial charge >= 0.3 is 0 Å². The van der Waals surface area contributed by atoms with E-state index in [0.717, 1.165) is 12.8 Å². The van der Waals surface area contributed by atoms with Crippen molar-refractivity contribution in [2.45, 2.75) is 32.7 Å². The van der Waals surface area contributed by atoms with Crippen LogP contribution in [0.5, 0.6) is 0 Å². The number of hydrogen-bond acceptors (Lipinski definition) is 3. The van der Waals surface area contributed by atoms with E-state index < -0.39 is 6.04 Å². The average Bonchev–Trinajstić information content (AvgIpc) is 2.52. The molecule has 5 nitrogen and oxygen atoms in total. The molecule has 0 aliphatic heterocycles. The van der Waals surface area contributed by atoms with Gasteiger partial charge in [-0.3, -0.25) is 9.59 Å². The molecule has 0 heterocycles. The van der Waals surface area contributed by atoms with Gasteiger partial charge in [-0.25, -0.2) is 0 Å². The quantitative estimate of drug-likeness (QED) is 0.663. The summed E-state index contributed by atoms with van der Waals surface area (Å²) in [7, 11) is 0. The summed E-state index contributed by atoms with van der Waals surface area (Å²) in [5.74, 6) is -0.371. The lowest BCUT2D eigenvalue weighted by Crippen LogP contribution is -2.47. The molecule has 1 aromatic rings. The molecule has 4 N–H and O–H groups in total. The minimum absolute atomic E-state index is 0.0300. The molecule has 0 aliphatic rings. The van der Waals surface area contributed by atoms with E-state index in [1.165, 1.54) is 5.56 Å². The zero-order valence-electron chi connectivity index (χ0n) is 12.8. The molecule has 0 saturated heterocycles. The highest BCUT2D eigenvalue weighted by Gasteiger charge is 2.19. The van der Waals surface area contributed by atoms with Crippen molar-refractivity contribution in [2.75, 3.05) is 13.1 Å². The highest BCUT2D eigenvalue weighted by molar-refractivity contribution is 5.87. The maximum absolute atomic E-state index is 11.7. The maximum atomic E-state index is 11.7. The van der Waals surface area contributed by atoms with Gasteiger partial charge in [-0.05, 0) is 17.9 Å². The van der Waals surface area contributed by atoms with E-state index in [4.69, 9.17) is 5.73 Å². The molecule has 2 amide bonds. The van der Waals surface area contributed by atoms with Crippen LogP contribution < -0.4 is 16.4 Å². The van der Waals surface area contributed by atoms with Gasteiger partial charge in [-0.15, -0.1) is 0 Å². The second-order valence-corrected chi connectivity index (χ2v) is 5.21. The SMILES string of the molecule is CCC(C)C(N)C(=O)NCC(=O)NCCc1ccccc1. The van der Waals surface area contributed by atoms with Crippen molar-refractivity contribution < 1.29 is 9.59 Å². The fourth-order valence-electron chi connectivity index (χ4n) is 1.85. The predicted molar refractivity (Wildman–Crippen MR) is 83.6 cm³/mol. The van der Waals surface area contributed by atoms with E-state index in [9.17, 15) is 9.59 Å². The van der Waals surface area contributed by atoms with Crippen molar-refractivity contribution >= 4 is 11.8 Å². The smallest absolute Gasteiger partial charge is 0.239 e. The molecule has 5 heteroatoms. The largest absolute Gasteiger partial charge is 0.354 e. The van der Waals surface area contributed by atoms with E-state index in [1.807, 2.05) is 44.2 Å². The van der Waals surface area contributed by atoms with Gasteiger partial charge in [0.25, 0.3) is 0 Å². The molecule has 2 unspecified atom stereocenters. The second kappa shape index (κ2) is 9.13. The Morgan fingerprint density at radius 2 is 1.86 bits per heavy atom. The first-order valence-corrected chi connectivity index (χ1v) is 7.38. The number of rotatable bonds is 8. The molecule has 0 aliphatic carbocycles. The van der Waals surface area contributed by atoms with Crippen molar-refractivity contribution in [3.63, 3.8) is 0 Å². The van der Waals surface area contributed by atoms with Crippen LogP contribution in [0.4, 0.5) is 0 Å². The molecule has 0 radical (unpaired) electrons. The molecule has 0 saturated carbocycles. The van der Waals surface area contributed by atoms with E-state index in [0.29, 0.717) is 6.54 Å². The zero-order chi connectivity index (χ0) is 15.7. The Morgan fingerprint density at radius 1 is 1.19 bits per heavy atom. The summed E-state index contributed by atoms with van der Waals surface area (Å²) in [5.41, 5.74) is 6.96. The van der Waals surface area contributed by atoms with Crippen LogP contribution in [0, 0.1) is 5.92 Å². The average molecular weight is 291 g/mol. The van der Waals surface area contributed by atoms with Crippen molar-refractivity contribution in [3.05, 3.63) is 35.9 Å². The highest BCUT2D eigenvalue weighted by Crippen LogP contribution is 2.04. The lowest BCUT2D eigenvalue weighted by Gasteiger charge is -2.17. The minimum Gasteiger partial charge on any atom is -0.354 e. The fraction of sp³-hybridized carbons (Fsp3) is 0.500. The minimum atomic E-state index is -0.563. The summed E-state index contributed by atoms with van der Waals surface area (Å²) in [6, 6.07) is 9.35. The molecule has 21 heavy (non-hydrogen) atoms. The van der Waals surface area contributed by atoms with E-state index >= 15 is 0 Å². The molecule has 1 rings (SSSR count). The molecule has 0 aromatic heterocycles. The molecule has 0 spiro atoms. The van der Waals surface area contributed by atoms with Gasteiger partial charge in [0.05, 0.1) is 12.6 Å². The van der Waals surface area contributed by atoms with Crippen LogP contribution in [0.2, 0.25) is 0 Å². The number of benzene rings is 1. The van der Waals surface area contributed by atoms with E-state index in [-0.39, 0.29) is 24.3 Å². The van der Waals surface area contributed by atoms with Crippen molar-refractivity contribution in [1.82, 2.24) is 10.6 Å². The van der Waals surface area contributed by atoms with Gasteiger partial charge in [0.1, 0.15) is 0 Å². The monoisotopic (exact) mass is 291 g/mol. The first kappa shape index (κ1) is 17.2.